The number of nitrogens with one attached hydrogen (secondary N) is 3. The van der Waals surface area contributed by atoms with E-state index in [9.17, 15) is 31.5 Å². The summed E-state index contributed by atoms with van der Waals surface area (Å²) in [5.41, 5.74) is 0.134. The first-order valence-electron chi connectivity index (χ1n) is 14.6. The van der Waals surface area contributed by atoms with Gasteiger partial charge in [-0.25, -0.2) is 13.6 Å². The molecule has 2 aliphatic rings. The van der Waals surface area contributed by atoms with Crippen LogP contribution in [0.25, 0.3) is 0 Å². The van der Waals surface area contributed by atoms with Gasteiger partial charge in [0.05, 0.1) is 23.4 Å². The second kappa shape index (κ2) is 16.8. The Morgan fingerprint density at radius 3 is 2.27 bits per heavy atom. The lowest BCUT2D eigenvalue weighted by Gasteiger charge is -2.37. The average Bonchev–Trinajstić information content (AvgIpc) is 3.02. The highest BCUT2D eigenvalue weighted by molar-refractivity contribution is 6.31. The van der Waals surface area contributed by atoms with Crippen molar-refractivity contribution in [3.8, 4) is 0 Å². The first-order valence-corrected chi connectivity index (χ1v) is 15.0. The van der Waals surface area contributed by atoms with Crippen LogP contribution in [0, 0.1) is 17.6 Å². The lowest BCUT2D eigenvalue weighted by atomic mass is 9.90. The van der Waals surface area contributed by atoms with Crippen LogP contribution >= 0.6 is 11.6 Å². The van der Waals surface area contributed by atoms with E-state index in [1.54, 1.807) is 11.0 Å². The number of piperazine rings is 1. The molecule has 1 saturated carbocycles. The van der Waals surface area contributed by atoms with Crippen LogP contribution < -0.4 is 20.9 Å². The first-order chi connectivity index (χ1) is 20.9. The van der Waals surface area contributed by atoms with Gasteiger partial charge in [0.2, 0.25) is 0 Å². The predicted octanol–water partition coefficient (Wildman–Crippen LogP) is 5.93. The van der Waals surface area contributed by atoms with Crippen LogP contribution in [0.2, 0.25) is 5.02 Å². The minimum atomic E-state index is -4.23. The van der Waals surface area contributed by atoms with E-state index in [0.717, 1.165) is 6.07 Å². The largest absolute Gasteiger partial charge is 0.396 e. The van der Waals surface area contributed by atoms with Crippen molar-refractivity contribution >= 4 is 34.9 Å². The number of aliphatic hydroxyl groups excluding tert-OH is 1. The Bertz CT molecular complexity index is 1250. The summed E-state index contributed by atoms with van der Waals surface area (Å²) >= 11 is 6.13. The third-order valence-corrected chi connectivity index (χ3v) is 7.92. The van der Waals surface area contributed by atoms with Crippen LogP contribution in [0.5, 0.6) is 0 Å². The van der Waals surface area contributed by atoms with E-state index < -0.39 is 41.7 Å². The van der Waals surface area contributed by atoms with Crippen molar-refractivity contribution in [1.29, 1.82) is 0 Å². The van der Waals surface area contributed by atoms with Crippen molar-refractivity contribution in [2.75, 3.05) is 56.6 Å². The second-order valence-electron chi connectivity index (χ2n) is 10.8. The van der Waals surface area contributed by atoms with Gasteiger partial charge in [0.1, 0.15) is 0 Å². The third-order valence-electron chi connectivity index (χ3n) is 7.69. The van der Waals surface area contributed by atoms with Gasteiger partial charge in [-0.15, -0.1) is 0 Å². The van der Waals surface area contributed by atoms with Crippen molar-refractivity contribution in [3.05, 3.63) is 58.1 Å². The molecular weight excluding hydrogens is 609 g/mol. The van der Waals surface area contributed by atoms with Gasteiger partial charge in [-0.05, 0) is 43.0 Å². The topological polar surface area (TPSA) is 96.9 Å². The highest BCUT2D eigenvalue weighted by Gasteiger charge is 2.29. The quantitative estimate of drug-likeness (QED) is 0.266. The van der Waals surface area contributed by atoms with Crippen LogP contribution in [0.4, 0.5) is 38.1 Å². The summed E-state index contributed by atoms with van der Waals surface area (Å²) in [6.45, 7) is 1.56. The molecule has 2 fully saturated rings. The molecule has 1 aliphatic carbocycles. The number of hydrogen-bond acceptors (Lipinski definition) is 5. The minimum absolute atomic E-state index is 0.101. The van der Waals surface area contributed by atoms with Crippen molar-refractivity contribution in [2.45, 2.75) is 51.2 Å². The molecule has 1 saturated heterocycles. The number of anilines is 2. The van der Waals surface area contributed by atoms with Crippen molar-refractivity contribution in [2.24, 2.45) is 5.92 Å². The maximum Gasteiger partial charge on any atom is 0.390 e. The number of nitrogens with zero attached hydrogens (tertiary/aromatic N) is 2. The van der Waals surface area contributed by atoms with Gasteiger partial charge in [-0.3, -0.25) is 9.69 Å². The van der Waals surface area contributed by atoms with Crippen LogP contribution in [0.1, 0.15) is 54.4 Å². The van der Waals surface area contributed by atoms with Crippen LogP contribution in [-0.4, -0.2) is 74.5 Å². The zero-order chi connectivity index (χ0) is 32.3. The van der Waals surface area contributed by atoms with Crippen molar-refractivity contribution < 1.29 is 36.6 Å². The molecule has 1 heterocycles. The SMILES string of the molecule is CNC(=O)NCc1ccc(C(=O)Nc2ccc(Cl)cc2N2CCN(CCC(F)(F)F)CC2)c(F)c1F.OCC1CCCCC1. The number of urea groups is 1. The maximum absolute atomic E-state index is 14.7. The Morgan fingerprint density at radius 1 is 1.00 bits per heavy atom. The summed E-state index contributed by atoms with van der Waals surface area (Å²) < 4.78 is 66.7. The number of benzene rings is 2. The van der Waals surface area contributed by atoms with Gasteiger partial charge in [0.15, 0.2) is 11.6 Å². The number of carbonyl (C=O) groups excluding carboxylic acids is 2. The monoisotopic (exact) mass is 647 g/mol. The molecule has 14 heteroatoms. The number of amides is 3. The number of alkyl halides is 3. The van der Waals surface area contributed by atoms with E-state index in [1.165, 1.54) is 57.4 Å². The fourth-order valence-electron chi connectivity index (χ4n) is 5.09. The average molecular weight is 648 g/mol. The predicted molar refractivity (Wildman–Crippen MR) is 160 cm³/mol. The molecule has 0 spiro atoms. The van der Waals surface area contributed by atoms with Crippen LogP contribution in [-0.2, 0) is 6.54 Å². The van der Waals surface area contributed by atoms with Gasteiger partial charge in [0.25, 0.3) is 5.91 Å². The molecule has 4 N–H and O–H groups in total. The van der Waals surface area contributed by atoms with E-state index in [2.05, 4.69) is 16.0 Å². The third kappa shape index (κ3) is 10.8. The number of halogens is 6. The molecule has 0 radical (unpaired) electrons. The number of rotatable bonds is 8. The molecule has 1 aliphatic heterocycles. The molecule has 3 amide bonds. The Kier molecular flexibility index (Phi) is 13.5. The number of carbonyl (C=O) groups is 2. The summed E-state index contributed by atoms with van der Waals surface area (Å²) in [6, 6.07) is 6.36. The summed E-state index contributed by atoms with van der Waals surface area (Å²) in [7, 11) is 1.37. The molecule has 44 heavy (non-hydrogen) atoms. The van der Waals surface area contributed by atoms with Crippen LogP contribution in [0.3, 0.4) is 0 Å². The zero-order valence-electron chi connectivity index (χ0n) is 24.6. The maximum atomic E-state index is 14.7. The van der Waals surface area contributed by atoms with Gasteiger partial charge in [0, 0.05) is 63.5 Å². The smallest absolute Gasteiger partial charge is 0.390 e. The van der Waals surface area contributed by atoms with E-state index in [0.29, 0.717) is 55.1 Å². The standard InChI is InChI=1S/C23H25ClF5N5O2.C7H14O/c1-30-22(36)31-13-14-2-4-16(20(26)19(14)25)21(35)32-17-5-3-15(24)12-18(17)34-10-8-33(9-11-34)7-6-23(27,28)29;8-6-7-4-2-1-3-5-7/h2-5,12H,6-11,13H2,1H3,(H,32,35)(H2,30,31,36);7-8H,1-6H2. The van der Waals surface area contributed by atoms with Crippen LogP contribution in [0.15, 0.2) is 30.3 Å². The number of aliphatic hydroxyl groups is 1. The zero-order valence-corrected chi connectivity index (χ0v) is 25.3. The molecule has 2 aromatic rings. The minimum Gasteiger partial charge on any atom is -0.396 e. The highest BCUT2D eigenvalue weighted by atomic mass is 35.5. The van der Waals surface area contributed by atoms with Crippen molar-refractivity contribution in [3.63, 3.8) is 0 Å². The highest BCUT2D eigenvalue weighted by Crippen LogP contribution is 2.31. The molecule has 0 atom stereocenters. The molecule has 0 aromatic heterocycles. The Balaban J connectivity index is 0.000000572. The summed E-state index contributed by atoms with van der Waals surface area (Å²) in [6.07, 6.45) is 1.46. The van der Waals surface area contributed by atoms with Gasteiger partial charge >= 0.3 is 12.2 Å². The van der Waals surface area contributed by atoms with E-state index in [-0.39, 0.29) is 18.7 Å². The molecule has 0 unspecified atom stereocenters. The molecule has 0 bridgehead atoms. The molecule has 4 rings (SSSR count). The Labute approximate surface area is 258 Å². The number of hydrogen-bond donors (Lipinski definition) is 4. The Morgan fingerprint density at radius 2 is 1.68 bits per heavy atom. The summed E-state index contributed by atoms with van der Waals surface area (Å²) in [5.74, 6) is -2.88. The normalized spacial score (nSPS) is 16.1. The fraction of sp³-hybridized carbons (Fsp3) is 0.533. The van der Waals surface area contributed by atoms with Crippen molar-refractivity contribution in [1.82, 2.24) is 15.5 Å². The Hall–Kier alpha value is -3.16. The summed E-state index contributed by atoms with van der Waals surface area (Å²) in [4.78, 5) is 27.6. The van der Waals surface area contributed by atoms with Gasteiger partial charge in [-0.2, -0.15) is 13.2 Å². The summed E-state index contributed by atoms with van der Waals surface area (Å²) in [5, 5.41) is 16.2. The van der Waals surface area contributed by atoms with E-state index in [4.69, 9.17) is 16.7 Å². The molecular formula is C30H39ClF5N5O3. The fourth-order valence-corrected chi connectivity index (χ4v) is 5.26. The van der Waals surface area contributed by atoms with E-state index >= 15 is 0 Å². The van der Waals surface area contributed by atoms with Gasteiger partial charge < -0.3 is 26.0 Å². The first kappa shape index (κ1) is 35.3. The van der Waals surface area contributed by atoms with Gasteiger partial charge in [-0.1, -0.05) is 36.9 Å². The molecule has 8 nitrogen and oxygen atoms in total. The lowest BCUT2D eigenvalue weighted by molar-refractivity contribution is -0.138. The van der Waals surface area contributed by atoms with E-state index in [1.807, 2.05) is 4.90 Å². The molecule has 2 aromatic carbocycles. The molecule has 244 valence electrons. The lowest BCUT2D eigenvalue weighted by Crippen LogP contribution is -2.47. The second-order valence-corrected chi connectivity index (χ2v) is 11.3.